The molecule has 4 saturated carbocycles. The molecule has 23 heavy (non-hydrogen) atoms. The zero-order valence-electron chi connectivity index (χ0n) is 14.1. The van der Waals surface area contributed by atoms with E-state index in [1.54, 1.807) is 0 Å². The minimum absolute atomic E-state index is 0.0149. The predicted molar refractivity (Wildman–Crippen MR) is 84.5 cm³/mol. The second kappa shape index (κ2) is 4.89. The second-order valence-corrected chi connectivity index (χ2v) is 9.15. The van der Waals surface area contributed by atoms with Crippen LogP contribution < -0.4 is 0 Å². The van der Waals surface area contributed by atoms with Crippen LogP contribution in [-0.2, 0) is 9.59 Å². The van der Waals surface area contributed by atoms with Crippen LogP contribution in [-0.4, -0.2) is 34.0 Å². The van der Waals surface area contributed by atoms with Crippen LogP contribution in [0.4, 0.5) is 0 Å². The Kier molecular flexibility index (Phi) is 3.35. The Labute approximate surface area is 137 Å². The lowest BCUT2D eigenvalue weighted by Gasteiger charge is -2.59. The van der Waals surface area contributed by atoms with Crippen molar-refractivity contribution in [1.29, 1.82) is 0 Å². The Morgan fingerprint density at radius 1 is 0.913 bits per heavy atom. The third kappa shape index (κ3) is 1.97. The average Bonchev–Trinajstić information content (AvgIpc) is 2.73. The van der Waals surface area contributed by atoms with Gasteiger partial charge in [0.05, 0.1) is 6.10 Å². The Bertz CT molecular complexity index is 558. The topological polar surface area (TPSA) is 74.6 Å². The summed E-state index contributed by atoms with van der Waals surface area (Å²) in [7, 11) is 0. The lowest BCUT2D eigenvalue weighted by atomic mass is 9.45. The normalized spacial score (nSPS) is 56.0. The number of carbonyl (C=O) groups is 2. The molecule has 0 heterocycles. The maximum Gasteiger partial charge on any atom is 0.162 e. The summed E-state index contributed by atoms with van der Waals surface area (Å²) in [5.41, 5.74) is -0.368. The number of ketones is 2. The molecule has 0 saturated heterocycles. The van der Waals surface area contributed by atoms with E-state index < -0.39 is 6.10 Å². The molecule has 0 spiro atoms. The van der Waals surface area contributed by atoms with Crippen LogP contribution in [0.5, 0.6) is 0 Å². The Morgan fingerprint density at radius 2 is 1.61 bits per heavy atom. The highest BCUT2D eigenvalue weighted by Gasteiger charge is 2.63. The highest BCUT2D eigenvalue weighted by molar-refractivity contribution is 5.87. The summed E-state index contributed by atoms with van der Waals surface area (Å²) in [6.45, 7) is 4.29. The molecule has 128 valence electrons. The monoisotopic (exact) mass is 320 g/mol. The van der Waals surface area contributed by atoms with Gasteiger partial charge in [0, 0.05) is 24.2 Å². The third-order valence-electron chi connectivity index (χ3n) is 8.22. The Balaban J connectivity index is 1.70. The molecule has 0 aromatic rings. The number of aliphatic hydroxyl groups excluding tert-OH is 2. The molecule has 0 bridgehead atoms. The van der Waals surface area contributed by atoms with Gasteiger partial charge in [0.15, 0.2) is 5.78 Å². The zero-order chi connectivity index (χ0) is 16.6. The van der Waals surface area contributed by atoms with E-state index >= 15 is 0 Å². The molecule has 8 atom stereocenters. The van der Waals surface area contributed by atoms with Gasteiger partial charge in [-0.05, 0) is 55.3 Å². The van der Waals surface area contributed by atoms with Gasteiger partial charge in [-0.1, -0.05) is 13.8 Å². The molecule has 2 N–H and O–H groups in total. The minimum Gasteiger partial charge on any atom is -0.393 e. The van der Waals surface area contributed by atoms with E-state index in [4.69, 9.17) is 0 Å². The van der Waals surface area contributed by atoms with Gasteiger partial charge in [0.2, 0.25) is 0 Å². The fourth-order valence-electron chi connectivity index (χ4n) is 6.79. The standard InChI is InChI=1S/C19H28O4/c1-18-5-3-10(20)7-14(18)15(21)8-11-12(18)4-6-19(2)13(11)9-16(22)17(19)23/h10-14,17,20,23H,3-9H2,1-2H3/t10?,11-,12+,13+,14?,17?,18-,19+/m1/s1. The number of carbonyl (C=O) groups excluding carboxylic acids is 2. The molecular formula is C19H28O4. The molecule has 4 aliphatic rings. The van der Waals surface area contributed by atoms with E-state index in [0.29, 0.717) is 25.2 Å². The Morgan fingerprint density at radius 3 is 2.35 bits per heavy atom. The van der Waals surface area contributed by atoms with Crippen molar-refractivity contribution in [2.24, 2.45) is 34.5 Å². The van der Waals surface area contributed by atoms with Crippen molar-refractivity contribution >= 4 is 11.6 Å². The molecule has 4 nitrogen and oxygen atoms in total. The van der Waals surface area contributed by atoms with E-state index in [2.05, 4.69) is 6.92 Å². The van der Waals surface area contributed by atoms with E-state index in [-0.39, 0.29) is 46.3 Å². The van der Waals surface area contributed by atoms with Crippen LogP contribution >= 0.6 is 0 Å². The van der Waals surface area contributed by atoms with Crippen molar-refractivity contribution in [1.82, 2.24) is 0 Å². The molecule has 0 aliphatic heterocycles. The molecule has 4 rings (SSSR count). The number of Topliss-reactive ketones (excluding diaryl/α,β-unsaturated/α-hetero) is 2. The largest absolute Gasteiger partial charge is 0.393 e. The second-order valence-electron chi connectivity index (χ2n) is 9.15. The maximum absolute atomic E-state index is 12.8. The number of hydrogen-bond donors (Lipinski definition) is 2. The molecule has 0 aromatic heterocycles. The zero-order valence-corrected chi connectivity index (χ0v) is 14.1. The first-order valence-corrected chi connectivity index (χ1v) is 9.19. The average molecular weight is 320 g/mol. The van der Waals surface area contributed by atoms with Crippen molar-refractivity contribution < 1.29 is 19.8 Å². The van der Waals surface area contributed by atoms with Gasteiger partial charge in [0.25, 0.3) is 0 Å². The summed E-state index contributed by atoms with van der Waals surface area (Å²) in [4.78, 5) is 25.0. The fraction of sp³-hybridized carbons (Fsp3) is 0.895. The van der Waals surface area contributed by atoms with Crippen LogP contribution in [0.1, 0.15) is 58.8 Å². The van der Waals surface area contributed by atoms with Crippen LogP contribution in [0, 0.1) is 34.5 Å². The summed E-state index contributed by atoms with van der Waals surface area (Å²) in [6, 6.07) is 0. The third-order valence-corrected chi connectivity index (χ3v) is 8.22. The van der Waals surface area contributed by atoms with Crippen molar-refractivity contribution in [3.8, 4) is 0 Å². The quantitative estimate of drug-likeness (QED) is 0.717. The van der Waals surface area contributed by atoms with Crippen molar-refractivity contribution in [3.63, 3.8) is 0 Å². The molecular weight excluding hydrogens is 292 g/mol. The number of hydrogen-bond acceptors (Lipinski definition) is 4. The van der Waals surface area contributed by atoms with E-state index in [1.165, 1.54) is 0 Å². The van der Waals surface area contributed by atoms with Crippen molar-refractivity contribution in [2.45, 2.75) is 71.0 Å². The van der Waals surface area contributed by atoms with Gasteiger partial charge in [-0.25, -0.2) is 0 Å². The van der Waals surface area contributed by atoms with Gasteiger partial charge in [-0.2, -0.15) is 0 Å². The van der Waals surface area contributed by atoms with Gasteiger partial charge in [-0.15, -0.1) is 0 Å². The van der Waals surface area contributed by atoms with Gasteiger partial charge >= 0.3 is 0 Å². The number of aliphatic hydroxyl groups is 2. The predicted octanol–water partition coefficient (Wildman–Crippen LogP) is 2.11. The summed E-state index contributed by atoms with van der Waals surface area (Å²) in [6.07, 6.45) is 3.98. The van der Waals surface area contributed by atoms with Crippen LogP contribution in [0.15, 0.2) is 0 Å². The summed E-state index contributed by atoms with van der Waals surface area (Å²) >= 11 is 0. The molecule has 4 fully saturated rings. The summed E-state index contributed by atoms with van der Waals surface area (Å²) < 4.78 is 0. The SMILES string of the molecule is C[C@]12CCC(O)CC1C(=O)C[C@@H]1[C@@H]2CC[C@]2(C)C(O)C(=O)C[C@@H]12. The van der Waals surface area contributed by atoms with Gasteiger partial charge < -0.3 is 10.2 Å². The first-order valence-electron chi connectivity index (χ1n) is 9.19. The lowest BCUT2D eigenvalue weighted by molar-refractivity contribution is -0.161. The van der Waals surface area contributed by atoms with Crippen LogP contribution in [0.3, 0.4) is 0 Å². The van der Waals surface area contributed by atoms with Gasteiger partial charge in [0.1, 0.15) is 11.9 Å². The van der Waals surface area contributed by atoms with E-state index in [0.717, 1.165) is 25.7 Å². The smallest absolute Gasteiger partial charge is 0.162 e. The molecule has 4 aliphatic carbocycles. The van der Waals surface area contributed by atoms with Crippen LogP contribution in [0.25, 0.3) is 0 Å². The molecule has 0 aromatic carbocycles. The molecule has 0 amide bonds. The highest BCUT2D eigenvalue weighted by atomic mass is 16.3. The summed E-state index contributed by atoms with van der Waals surface area (Å²) in [5.74, 6) is 1.08. The molecule has 0 radical (unpaired) electrons. The maximum atomic E-state index is 12.8. The van der Waals surface area contributed by atoms with E-state index in [9.17, 15) is 19.8 Å². The Hall–Kier alpha value is -0.740. The number of fused-ring (bicyclic) bond motifs is 5. The number of rotatable bonds is 0. The lowest BCUT2D eigenvalue weighted by Crippen LogP contribution is -2.57. The van der Waals surface area contributed by atoms with Crippen LogP contribution in [0.2, 0.25) is 0 Å². The van der Waals surface area contributed by atoms with E-state index in [1.807, 2.05) is 6.92 Å². The molecule has 3 unspecified atom stereocenters. The molecule has 4 heteroatoms. The fourth-order valence-corrected chi connectivity index (χ4v) is 6.79. The first kappa shape index (κ1) is 15.8. The summed E-state index contributed by atoms with van der Waals surface area (Å²) in [5, 5.41) is 20.4. The van der Waals surface area contributed by atoms with Gasteiger partial charge in [-0.3, -0.25) is 9.59 Å². The minimum atomic E-state index is -0.845. The van der Waals surface area contributed by atoms with Crippen molar-refractivity contribution in [3.05, 3.63) is 0 Å². The highest BCUT2D eigenvalue weighted by Crippen LogP contribution is 2.64. The first-order chi connectivity index (χ1) is 10.8. The van der Waals surface area contributed by atoms with Crippen molar-refractivity contribution in [2.75, 3.05) is 0 Å².